The summed E-state index contributed by atoms with van der Waals surface area (Å²) in [7, 11) is -3.27. The minimum absolute atomic E-state index is 0.225. The first-order valence-corrected chi connectivity index (χ1v) is 11.6. The molecular formula is C19H35N2O7P. The molecule has 29 heavy (non-hydrogen) atoms. The molecule has 10 heteroatoms. The predicted octanol–water partition coefficient (Wildman–Crippen LogP) is 3.25. The summed E-state index contributed by atoms with van der Waals surface area (Å²) in [6.07, 6.45) is 1.17. The zero-order chi connectivity index (χ0) is 22.1. The van der Waals surface area contributed by atoms with Crippen molar-refractivity contribution in [2.24, 2.45) is 0 Å². The maximum absolute atomic E-state index is 12.5. The Kier molecular flexibility index (Phi) is 10.3. The largest absolute Gasteiger partial charge is 0.464 e. The first kappa shape index (κ1) is 25.6. The van der Waals surface area contributed by atoms with Crippen LogP contribution in [0.4, 0.5) is 4.79 Å². The van der Waals surface area contributed by atoms with E-state index in [9.17, 15) is 14.2 Å². The van der Waals surface area contributed by atoms with Crippen molar-refractivity contribution >= 4 is 19.7 Å². The average Bonchev–Trinajstić information content (AvgIpc) is 2.60. The van der Waals surface area contributed by atoms with Crippen LogP contribution in [0, 0.1) is 0 Å². The maximum Gasteiger partial charge on any atom is 0.411 e. The third kappa shape index (κ3) is 8.86. The molecule has 9 nitrogen and oxygen atoms in total. The molecule has 1 atom stereocenters. The zero-order valence-electron chi connectivity index (χ0n) is 18.4. The Morgan fingerprint density at radius 1 is 1.07 bits per heavy atom. The van der Waals surface area contributed by atoms with Crippen LogP contribution in [0.3, 0.4) is 0 Å². The van der Waals surface area contributed by atoms with E-state index >= 15 is 0 Å². The van der Waals surface area contributed by atoms with Crippen molar-refractivity contribution in [2.75, 3.05) is 46.0 Å². The fourth-order valence-electron chi connectivity index (χ4n) is 2.79. The third-order valence-electron chi connectivity index (χ3n) is 3.92. The van der Waals surface area contributed by atoms with Crippen molar-refractivity contribution in [1.82, 2.24) is 9.80 Å². The van der Waals surface area contributed by atoms with Gasteiger partial charge in [0.2, 0.25) is 0 Å². The summed E-state index contributed by atoms with van der Waals surface area (Å²) in [6.45, 7) is 12.9. The van der Waals surface area contributed by atoms with Gasteiger partial charge in [-0.15, -0.1) is 0 Å². The molecule has 0 radical (unpaired) electrons. The van der Waals surface area contributed by atoms with Crippen LogP contribution in [-0.4, -0.2) is 79.5 Å². The number of ether oxygens (including phenoxy) is 2. The van der Waals surface area contributed by atoms with Gasteiger partial charge < -0.3 is 18.5 Å². The lowest BCUT2D eigenvalue weighted by atomic mass is 10.1. The normalized spacial score (nSPS) is 18.8. The lowest BCUT2D eigenvalue weighted by Crippen LogP contribution is -2.59. The maximum atomic E-state index is 12.5. The molecule has 1 amide bonds. The van der Waals surface area contributed by atoms with Crippen molar-refractivity contribution in [3.8, 4) is 0 Å². The summed E-state index contributed by atoms with van der Waals surface area (Å²) in [5.41, 5.74) is -0.657. The highest BCUT2D eigenvalue weighted by Crippen LogP contribution is 2.49. The van der Waals surface area contributed by atoms with Crippen LogP contribution in [-0.2, 0) is 27.9 Å². The summed E-state index contributed by atoms with van der Waals surface area (Å²) >= 11 is 0. The average molecular weight is 434 g/mol. The van der Waals surface area contributed by atoms with Crippen LogP contribution in [0.2, 0.25) is 0 Å². The monoisotopic (exact) mass is 434 g/mol. The molecule has 0 aromatic rings. The Hall–Kier alpha value is -1.41. The van der Waals surface area contributed by atoms with Gasteiger partial charge in [0.1, 0.15) is 11.6 Å². The van der Waals surface area contributed by atoms with Gasteiger partial charge in [0, 0.05) is 32.0 Å². The van der Waals surface area contributed by atoms with E-state index in [0.29, 0.717) is 19.6 Å². The molecule has 0 aliphatic carbocycles. The van der Waals surface area contributed by atoms with E-state index in [-0.39, 0.29) is 26.4 Å². The second-order valence-corrected chi connectivity index (χ2v) is 9.36. The number of carbonyl (C=O) groups is 2. The molecular weight excluding hydrogens is 399 g/mol. The number of hydrogen-bond acceptors (Lipinski definition) is 8. The number of esters is 1. The number of carbonyl (C=O) groups excluding carboxylic acids is 2. The molecule has 168 valence electrons. The third-order valence-corrected chi connectivity index (χ3v) is 5.73. The minimum Gasteiger partial charge on any atom is -0.464 e. The lowest BCUT2D eigenvalue weighted by Gasteiger charge is -2.40. The Labute approximate surface area is 173 Å². The van der Waals surface area contributed by atoms with E-state index in [4.69, 9.17) is 18.5 Å². The highest BCUT2D eigenvalue weighted by molar-refractivity contribution is 7.57. The molecule has 0 N–H and O–H groups in total. The highest BCUT2D eigenvalue weighted by atomic mass is 31.2. The van der Waals surface area contributed by atoms with Gasteiger partial charge in [-0.25, -0.2) is 9.59 Å². The van der Waals surface area contributed by atoms with Gasteiger partial charge in [-0.1, -0.05) is 6.08 Å². The Morgan fingerprint density at radius 3 is 2.21 bits per heavy atom. The first-order valence-electron chi connectivity index (χ1n) is 10.00. The van der Waals surface area contributed by atoms with E-state index in [1.165, 1.54) is 10.7 Å². The van der Waals surface area contributed by atoms with Gasteiger partial charge in [-0.3, -0.25) is 14.4 Å². The van der Waals surface area contributed by atoms with Crippen LogP contribution < -0.4 is 0 Å². The van der Waals surface area contributed by atoms with Crippen LogP contribution in [0.1, 0.15) is 41.5 Å². The zero-order valence-corrected chi connectivity index (χ0v) is 19.3. The highest BCUT2D eigenvalue weighted by Gasteiger charge is 2.38. The van der Waals surface area contributed by atoms with Crippen molar-refractivity contribution in [1.29, 1.82) is 0 Å². The van der Waals surface area contributed by atoms with Gasteiger partial charge in [0.25, 0.3) is 0 Å². The summed E-state index contributed by atoms with van der Waals surface area (Å²) in [4.78, 5) is 28.3. The Morgan fingerprint density at radius 2 is 1.69 bits per heavy atom. The van der Waals surface area contributed by atoms with Gasteiger partial charge >= 0.3 is 19.7 Å². The summed E-state index contributed by atoms with van der Waals surface area (Å²) in [6, 6.07) is -0.766. The quantitative estimate of drug-likeness (QED) is 0.403. The molecule has 1 saturated heterocycles. The summed E-state index contributed by atoms with van der Waals surface area (Å²) < 4.78 is 33.5. The molecule has 0 spiro atoms. The smallest absolute Gasteiger partial charge is 0.411 e. The van der Waals surface area contributed by atoms with Crippen molar-refractivity contribution in [3.63, 3.8) is 0 Å². The lowest BCUT2D eigenvalue weighted by molar-refractivity contribution is -0.151. The van der Waals surface area contributed by atoms with Gasteiger partial charge in [-0.2, -0.15) is 0 Å². The summed E-state index contributed by atoms with van der Waals surface area (Å²) in [5, 5.41) is 0. The molecule has 0 saturated carbocycles. The van der Waals surface area contributed by atoms with Gasteiger partial charge in [-0.05, 0) is 41.5 Å². The second kappa shape index (κ2) is 11.7. The number of rotatable bonds is 9. The number of piperazine rings is 1. The standard InChI is InChI=1S/C19H35N2O7P/c1-7-25-17(22)16-15-20(11-10-14-29(24,26-8-2)27-9-3)12-13-21(16)18(23)28-19(4,5)6/h10,14,16H,7-9,11-13,15H2,1-6H3. The van der Waals surface area contributed by atoms with E-state index in [1.807, 2.05) is 4.90 Å². The Balaban J connectivity index is 2.83. The van der Waals surface area contributed by atoms with E-state index in [2.05, 4.69) is 0 Å². The molecule has 1 rings (SSSR count). The molecule has 0 bridgehead atoms. The van der Waals surface area contributed by atoms with Gasteiger partial charge in [0.05, 0.1) is 19.8 Å². The molecule has 0 aromatic heterocycles. The molecule has 1 unspecified atom stereocenters. The van der Waals surface area contributed by atoms with Crippen LogP contribution in [0.5, 0.6) is 0 Å². The molecule has 1 aliphatic heterocycles. The molecule has 1 heterocycles. The fraction of sp³-hybridized carbons (Fsp3) is 0.789. The van der Waals surface area contributed by atoms with Crippen LogP contribution in [0.15, 0.2) is 11.9 Å². The molecule has 0 aromatic carbocycles. The minimum atomic E-state index is -3.27. The van der Waals surface area contributed by atoms with Crippen LogP contribution >= 0.6 is 7.60 Å². The first-order chi connectivity index (χ1) is 13.5. The van der Waals surface area contributed by atoms with Crippen molar-refractivity contribution < 1.29 is 32.7 Å². The number of hydrogen-bond donors (Lipinski definition) is 0. The van der Waals surface area contributed by atoms with E-state index in [1.54, 1.807) is 47.6 Å². The fourth-order valence-corrected chi connectivity index (χ4v) is 4.11. The topological polar surface area (TPSA) is 94.6 Å². The Bertz CT molecular complexity index is 608. The number of amides is 1. The predicted molar refractivity (Wildman–Crippen MR) is 110 cm³/mol. The van der Waals surface area contributed by atoms with Crippen LogP contribution in [0.25, 0.3) is 0 Å². The molecule has 1 aliphatic rings. The number of nitrogens with zero attached hydrogens (tertiary/aromatic N) is 2. The van der Waals surface area contributed by atoms with Crippen molar-refractivity contribution in [2.45, 2.75) is 53.2 Å². The van der Waals surface area contributed by atoms with E-state index in [0.717, 1.165) is 0 Å². The van der Waals surface area contributed by atoms with Crippen molar-refractivity contribution in [3.05, 3.63) is 11.9 Å². The van der Waals surface area contributed by atoms with E-state index < -0.39 is 31.3 Å². The SMILES string of the molecule is CCOC(=O)C1CN(CC=CP(=O)(OCC)OCC)CCN1C(=O)OC(C)(C)C. The molecule has 1 fully saturated rings. The van der Waals surface area contributed by atoms with Gasteiger partial charge in [0.15, 0.2) is 0 Å². The second-order valence-electron chi connectivity index (χ2n) is 7.46. The summed E-state index contributed by atoms with van der Waals surface area (Å²) in [5.74, 6) is 0.973.